The fourth-order valence-electron chi connectivity index (χ4n) is 2.34. The molecule has 1 amide bonds. The van der Waals surface area contributed by atoms with Gasteiger partial charge >= 0.3 is 0 Å². The van der Waals surface area contributed by atoms with Crippen molar-refractivity contribution in [3.05, 3.63) is 17.0 Å². The van der Waals surface area contributed by atoms with E-state index in [0.29, 0.717) is 30.1 Å². The number of β-amino-alcohol motifs (C(OH)–C–C–N with tert-alkyl or cyclic N) is 1. The lowest BCUT2D eigenvalue weighted by atomic mass is 10.0. The molecule has 0 aliphatic carbocycles. The molecule has 2 heterocycles. The highest BCUT2D eigenvalue weighted by Crippen LogP contribution is 2.24. The summed E-state index contributed by atoms with van der Waals surface area (Å²) in [6, 6.07) is 0. The molecule has 0 unspecified atom stereocenters. The second-order valence-corrected chi connectivity index (χ2v) is 5.21. The van der Waals surface area contributed by atoms with E-state index in [2.05, 4.69) is 5.16 Å². The number of hydrogen-bond donors (Lipinski definition) is 1. The SMILES string of the molecule is Cc1noc(C(C)C)c1C(=O)N1CCC[C@H](O)C1. The molecule has 0 aromatic carbocycles. The number of carbonyl (C=O) groups is 1. The van der Waals surface area contributed by atoms with Crippen LogP contribution in [0.25, 0.3) is 0 Å². The van der Waals surface area contributed by atoms with E-state index in [4.69, 9.17) is 4.52 Å². The van der Waals surface area contributed by atoms with E-state index in [1.165, 1.54) is 0 Å². The number of aryl methyl sites for hydroxylation is 1. The van der Waals surface area contributed by atoms with Gasteiger partial charge in [-0.1, -0.05) is 19.0 Å². The van der Waals surface area contributed by atoms with Crippen LogP contribution in [0, 0.1) is 6.92 Å². The van der Waals surface area contributed by atoms with Crippen molar-refractivity contribution in [1.29, 1.82) is 0 Å². The summed E-state index contributed by atoms with van der Waals surface area (Å²) < 4.78 is 5.24. The lowest BCUT2D eigenvalue weighted by molar-refractivity contribution is 0.0471. The molecule has 18 heavy (non-hydrogen) atoms. The van der Waals surface area contributed by atoms with E-state index in [9.17, 15) is 9.90 Å². The van der Waals surface area contributed by atoms with Crippen molar-refractivity contribution in [3.63, 3.8) is 0 Å². The predicted octanol–water partition coefficient (Wildman–Crippen LogP) is 1.70. The van der Waals surface area contributed by atoms with E-state index >= 15 is 0 Å². The third kappa shape index (κ3) is 2.41. The Morgan fingerprint density at radius 2 is 2.28 bits per heavy atom. The molecule has 1 aromatic heterocycles. The lowest BCUT2D eigenvalue weighted by Gasteiger charge is -2.30. The van der Waals surface area contributed by atoms with Crippen molar-refractivity contribution in [2.24, 2.45) is 0 Å². The summed E-state index contributed by atoms with van der Waals surface area (Å²) in [4.78, 5) is 14.2. The summed E-state index contributed by atoms with van der Waals surface area (Å²) >= 11 is 0. The molecule has 0 spiro atoms. The number of amides is 1. The van der Waals surface area contributed by atoms with Gasteiger partial charge < -0.3 is 14.5 Å². The highest BCUT2D eigenvalue weighted by Gasteiger charge is 2.29. The second kappa shape index (κ2) is 5.10. The Hall–Kier alpha value is -1.36. The van der Waals surface area contributed by atoms with Gasteiger partial charge in [-0.15, -0.1) is 0 Å². The van der Waals surface area contributed by atoms with Gasteiger partial charge in [0, 0.05) is 19.0 Å². The van der Waals surface area contributed by atoms with E-state index in [-0.39, 0.29) is 11.8 Å². The van der Waals surface area contributed by atoms with Crippen molar-refractivity contribution in [2.45, 2.75) is 45.6 Å². The molecule has 2 rings (SSSR count). The van der Waals surface area contributed by atoms with Crippen LogP contribution in [0.1, 0.15) is 54.4 Å². The average Bonchev–Trinajstić information content (AvgIpc) is 2.70. The van der Waals surface area contributed by atoms with Crippen molar-refractivity contribution in [1.82, 2.24) is 10.1 Å². The van der Waals surface area contributed by atoms with Gasteiger partial charge in [0.2, 0.25) is 0 Å². The third-order valence-corrected chi connectivity index (χ3v) is 3.31. The van der Waals surface area contributed by atoms with Crippen molar-refractivity contribution in [3.8, 4) is 0 Å². The van der Waals surface area contributed by atoms with Crippen molar-refractivity contribution < 1.29 is 14.4 Å². The van der Waals surface area contributed by atoms with Gasteiger partial charge in [0.1, 0.15) is 5.56 Å². The first-order valence-electron chi connectivity index (χ1n) is 6.44. The zero-order chi connectivity index (χ0) is 13.3. The van der Waals surface area contributed by atoms with Gasteiger partial charge in [-0.05, 0) is 19.8 Å². The summed E-state index contributed by atoms with van der Waals surface area (Å²) in [5.74, 6) is 0.689. The molecule has 1 N–H and O–H groups in total. The number of piperidine rings is 1. The van der Waals surface area contributed by atoms with Gasteiger partial charge in [-0.3, -0.25) is 4.79 Å². The Morgan fingerprint density at radius 3 is 2.89 bits per heavy atom. The number of likely N-dealkylation sites (tertiary alicyclic amines) is 1. The van der Waals surface area contributed by atoms with Gasteiger partial charge in [-0.2, -0.15) is 0 Å². The third-order valence-electron chi connectivity index (χ3n) is 3.31. The number of nitrogens with zero attached hydrogens (tertiary/aromatic N) is 2. The molecule has 100 valence electrons. The predicted molar refractivity (Wildman–Crippen MR) is 66.5 cm³/mol. The summed E-state index contributed by atoms with van der Waals surface area (Å²) in [6.45, 7) is 6.82. The molecule has 1 atom stereocenters. The van der Waals surface area contributed by atoms with Crippen LogP contribution in [0.5, 0.6) is 0 Å². The summed E-state index contributed by atoms with van der Waals surface area (Å²) in [6.07, 6.45) is 1.20. The van der Waals surface area contributed by atoms with Crippen LogP contribution in [-0.4, -0.2) is 40.3 Å². The molecular weight excluding hydrogens is 232 g/mol. The minimum absolute atomic E-state index is 0.0730. The summed E-state index contributed by atoms with van der Waals surface area (Å²) in [5, 5.41) is 13.5. The Morgan fingerprint density at radius 1 is 1.56 bits per heavy atom. The zero-order valence-electron chi connectivity index (χ0n) is 11.1. The topological polar surface area (TPSA) is 66.6 Å². The lowest BCUT2D eigenvalue weighted by Crippen LogP contribution is -2.42. The summed E-state index contributed by atoms with van der Waals surface area (Å²) in [5.41, 5.74) is 1.20. The van der Waals surface area contributed by atoms with Crippen LogP contribution in [-0.2, 0) is 0 Å². The number of aromatic nitrogens is 1. The molecule has 1 fully saturated rings. The normalized spacial score (nSPS) is 20.5. The highest BCUT2D eigenvalue weighted by molar-refractivity contribution is 5.96. The number of carbonyl (C=O) groups excluding carboxylic acids is 1. The van der Waals surface area contributed by atoms with Gasteiger partial charge in [0.25, 0.3) is 5.91 Å². The minimum atomic E-state index is -0.412. The Balaban J connectivity index is 2.25. The molecule has 5 heteroatoms. The van der Waals surface area contributed by atoms with E-state index in [1.54, 1.807) is 11.8 Å². The molecule has 1 aromatic rings. The largest absolute Gasteiger partial charge is 0.391 e. The molecule has 0 bridgehead atoms. The molecule has 5 nitrogen and oxygen atoms in total. The van der Waals surface area contributed by atoms with Crippen molar-refractivity contribution in [2.75, 3.05) is 13.1 Å². The summed E-state index contributed by atoms with van der Waals surface area (Å²) in [7, 11) is 0. The molecule has 1 aliphatic heterocycles. The van der Waals surface area contributed by atoms with Gasteiger partial charge in [0.05, 0.1) is 11.8 Å². The van der Waals surface area contributed by atoms with Crippen LogP contribution in [0.4, 0.5) is 0 Å². The standard InChI is InChI=1S/C13H20N2O3/c1-8(2)12-11(9(3)14-18-12)13(17)15-6-4-5-10(16)7-15/h8,10,16H,4-7H2,1-3H3/t10-/m0/s1. The first-order valence-corrected chi connectivity index (χ1v) is 6.44. The molecule has 1 aliphatic rings. The van der Waals surface area contributed by atoms with Crippen LogP contribution >= 0.6 is 0 Å². The van der Waals surface area contributed by atoms with Crippen molar-refractivity contribution >= 4 is 5.91 Å². The quantitative estimate of drug-likeness (QED) is 0.870. The van der Waals surface area contributed by atoms with Crippen LogP contribution in [0.3, 0.4) is 0 Å². The molecule has 0 saturated carbocycles. The Kier molecular flexibility index (Phi) is 3.71. The van der Waals surface area contributed by atoms with E-state index < -0.39 is 6.10 Å². The Bertz CT molecular complexity index is 439. The van der Waals surface area contributed by atoms with E-state index in [1.807, 2.05) is 13.8 Å². The van der Waals surface area contributed by atoms with Crippen LogP contribution < -0.4 is 0 Å². The molecule has 1 saturated heterocycles. The minimum Gasteiger partial charge on any atom is -0.391 e. The number of aliphatic hydroxyl groups is 1. The maximum atomic E-state index is 12.5. The maximum absolute atomic E-state index is 12.5. The molecular formula is C13H20N2O3. The Labute approximate surface area is 107 Å². The van der Waals surface area contributed by atoms with Gasteiger partial charge in [-0.25, -0.2) is 0 Å². The monoisotopic (exact) mass is 252 g/mol. The number of aliphatic hydroxyl groups excluding tert-OH is 1. The zero-order valence-corrected chi connectivity index (χ0v) is 11.1. The smallest absolute Gasteiger partial charge is 0.259 e. The highest BCUT2D eigenvalue weighted by atomic mass is 16.5. The number of rotatable bonds is 2. The fraction of sp³-hybridized carbons (Fsp3) is 0.692. The van der Waals surface area contributed by atoms with Crippen LogP contribution in [0.2, 0.25) is 0 Å². The van der Waals surface area contributed by atoms with Crippen LogP contribution in [0.15, 0.2) is 4.52 Å². The molecule has 0 radical (unpaired) electrons. The van der Waals surface area contributed by atoms with E-state index in [0.717, 1.165) is 12.8 Å². The second-order valence-electron chi connectivity index (χ2n) is 5.21. The number of hydrogen-bond acceptors (Lipinski definition) is 4. The van der Waals surface area contributed by atoms with Gasteiger partial charge in [0.15, 0.2) is 5.76 Å². The maximum Gasteiger partial charge on any atom is 0.259 e. The first-order chi connectivity index (χ1) is 8.50. The first kappa shape index (κ1) is 13.1. The fourth-order valence-corrected chi connectivity index (χ4v) is 2.34. The average molecular weight is 252 g/mol.